The number of hydrogen-bond acceptors (Lipinski definition) is 4. The molecule has 6 nitrogen and oxygen atoms in total. The van der Waals surface area contributed by atoms with Crippen molar-refractivity contribution >= 4 is 17.5 Å². The van der Waals surface area contributed by atoms with Crippen LogP contribution in [0.25, 0.3) is 0 Å². The van der Waals surface area contributed by atoms with Crippen molar-refractivity contribution in [3.8, 4) is 5.75 Å². The summed E-state index contributed by atoms with van der Waals surface area (Å²) in [5, 5.41) is 5.64. The van der Waals surface area contributed by atoms with Crippen LogP contribution in [0, 0.1) is 13.8 Å². The molecule has 0 spiro atoms. The Bertz CT molecular complexity index is 824. The highest BCUT2D eigenvalue weighted by Gasteiger charge is 2.17. The predicted octanol–water partition coefficient (Wildman–Crippen LogP) is 3.23. The van der Waals surface area contributed by atoms with Crippen molar-refractivity contribution in [1.82, 2.24) is 5.32 Å². The third-order valence-electron chi connectivity index (χ3n) is 4.49. The summed E-state index contributed by atoms with van der Waals surface area (Å²) >= 11 is 0. The Morgan fingerprint density at radius 3 is 2.64 bits per heavy atom. The molecule has 0 aromatic heterocycles. The minimum Gasteiger partial charge on any atom is -0.484 e. The van der Waals surface area contributed by atoms with E-state index in [0.29, 0.717) is 23.5 Å². The Kier molecular flexibility index (Phi) is 6.66. The Labute approximate surface area is 165 Å². The number of carbonyl (C=O) groups is 2. The van der Waals surface area contributed by atoms with Gasteiger partial charge in [0.15, 0.2) is 6.61 Å². The zero-order valence-electron chi connectivity index (χ0n) is 16.3. The second-order valence-corrected chi connectivity index (χ2v) is 7.09. The van der Waals surface area contributed by atoms with Crippen LogP contribution in [0.3, 0.4) is 0 Å². The summed E-state index contributed by atoms with van der Waals surface area (Å²) in [4.78, 5) is 24.5. The minimum absolute atomic E-state index is 0.0919. The number of hydrogen-bond donors (Lipinski definition) is 2. The Morgan fingerprint density at radius 2 is 1.93 bits per heavy atom. The van der Waals surface area contributed by atoms with Gasteiger partial charge in [-0.2, -0.15) is 0 Å². The number of rotatable bonds is 7. The van der Waals surface area contributed by atoms with Crippen molar-refractivity contribution in [3.63, 3.8) is 0 Å². The first-order chi connectivity index (χ1) is 13.5. The first kappa shape index (κ1) is 19.9. The summed E-state index contributed by atoms with van der Waals surface area (Å²) < 4.78 is 11.1. The molecule has 1 atom stereocenters. The van der Waals surface area contributed by atoms with Crippen molar-refractivity contribution in [1.29, 1.82) is 0 Å². The maximum atomic E-state index is 12.3. The summed E-state index contributed by atoms with van der Waals surface area (Å²) in [5.41, 5.74) is 3.21. The van der Waals surface area contributed by atoms with Gasteiger partial charge in [0.1, 0.15) is 5.75 Å². The lowest BCUT2D eigenvalue weighted by molar-refractivity contribution is -0.118. The Balaban J connectivity index is 1.51. The summed E-state index contributed by atoms with van der Waals surface area (Å²) in [6.45, 7) is 5.12. The molecule has 2 amide bonds. The van der Waals surface area contributed by atoms with Gasteiger partial charge in [0.2, 0.25) is 0 Å². The van der Waals surface area contributed by atoms with E-state index in [1.807, 2.05) is 32.0 Å². The third-order valence-corrected chi connectivity index (χ3v) is 4.49. The third kappa shape index (κ3) is 5.82. The summed E-state index contributed by atoms with van der Waals surface area (Å²) in [6.07, 6.45) is 2.09. The largest absolute Gasteiger partial charge is 0.484 e. The second kappa shape index (κ2) is 9.37. The molecule has 1 fully saturated rings. The van der Waals surface area contributed by atoms with E-state index < -0.39 is 0 Å². The zero-order valence-corrected chi connectivity index (χ0v) is 16.3. The highest BCUT2D eigenvalue weighted by atomic mass is 16.5. The monoisotopic (exact) mass is 382 g/mol. The molecule has 2 aromatic carbocycles. The van der Waals surface area contributed by atoms with E-state index in [9.17, 15) is 9.59 Å². The summed E-state index contributed by atoms with van der Waals surface area (Å²) in [6, 6.07) is 12.7. The van der Waals surface area contributed by atoms with Crippen LogP contribution in [-0.2, 0) is 9.53 Å². The van der Waals surface area contributed by atoms with Gasteiger partial charge < -0.3 is 20.1 Å². The van der Waals surface area contributed by atoms with Gasteiger partial charge in [-0.25, -0.2) is 0 Å². The molecular formula is C22H26N2O4. The van der Waals surface area contributed by atoms with Crippen LogP contribution in [0.1, 0.15) is 34.3 Å². The van der Waals surface area contributed by atoms with E-state index in [2.05, 4.69) is 10.6 Å². The van der Waals surface area contributed by atoms with Gasteiger partial charge in [-0.1, -0.05) is 12.1 Å². The molecule has 2 aromatic rings. The number of carbonyl (C=O) groups excluding carboxylic acids is 2. The number of ether oxygens (including phenoxy) is 2. The first-order valence-corrected chi connectivity index (χ1v) is 9.50. The number of nitrogens with one attached hydrogen (secondary N) is 2. The topological polar surface area (TPSA) is 76.7 Å². The number of anilines is 1. The van der Waals surface area contributed by atoms with Crippen molar-refractivity contribution in [2.75, 3.05) is 25.1 Å². The second-order valence-electron chi connectivity index (χ2n) is 7.09. The lowest BCUT2D eigenvalue weighted by atomic mass is 10.1. The lowest BCUT2D eigenvalue weighted by Crippen LogP contribution is -2.31. The fourth-order valence-corrected chi connectivity index (χ4v) is 3.21. The molecule has 3 rings (SSSR count). The maximum Gasteiger partial charge on any atom is 0.262 e. The van der Waals surface area contributed by atoms with Gasteiger partial charge in [-0.15, -0.1) is 0 Å². The van der Waals surface area contributed by atoms with Crippen LogP contribution < -0.4 is 15.4 Å². The molecule has 28 heavy (non-hydrogen) atoms. The molecule has 0 unspecified atom stereocenters. The van der Waals surface area contributed by atoms with Crippen LogP contribution in [0.15, 0.2) is 42.5 Å². The average Bonchev–Trinajstić information content (AvgIpc) is 3.17. The van der Waals surface area contributed by atoms with E-state index in [4.69, 9.17) is 9.47 Å². The van der Waals surface area contributed by atoms with Crippen molar-refractivity contribution in [2.45, 2.75) is 32.8 Å². The zero-order chi connectivity index (χ0) is 19.9. The Hall–Kier alpha value is -2.86. The van der Waals surface area contributed by atoms with E-state index in [1.165, 1.54) is 0 Å². The van der Waals surface area contributed by atoms with E-state index in [0.717, 1.165) is 30.6 Å². The van der Waals surface area contributed by atoms with Gasteiger partial charge in [-0.3, -0.25) is 9.59 Å². The molecule has 0 radical (unpaired) electrons. The fourth-order valence-electron chi connectivity index (χ4n) is 3.21. The molecule has 0 bridgehead atoms. The smallest absolute Gasteiger partial charge is 0.262 e. The molecule has 2 N–H and O–H groups in total. The van der Waals surface area contributed by atoms with Gasteiger partial charge in [0, 0.05) is 24.4 Å². The SMILES string of the molecule is Cc1cc(C)cc(OCC(=O)Nc2cccc(C(=O)NC[C@@H]3CCCO3)c2)c1. The fraction of sp³-hybridized carbons (Fsp3) is 0.364. The van der Waals surface area contributed by atoms with Crippen LogP contribution in [0.4, 0.5) is 5.69 Å². The molecule has 1 heterocycles. The van der Waals surface area contributed by atoms with Gasteiger partial charge >= 0.3 is 0 Å². The molecule has 0 aliphatic carbocycles. The lowest BCUT2D eigenvalue weighted by Gasteiger charge is -2.12. The number of aryl methyl sites for hydroxylation is 2. The molecule has 0 saturated carbocycles. The van der Waals surface area contributed by atoms with Gasteiger partial charge in [0.25, 0.3) is 11.8 Å². The molecule has 1 aliphatic heterocycles. The first-order valence-electron chi connectivity index (χ1n) is 9.50. The van der Waals surface area contributed by atoms with Crippen LogP contribution in [0.5, 0.6) is 5.75 Å². The molecule has 6 heteroatoms. The number of benzene rings is 2. The summed E-state index contributed by atoms with van der Waals surface area (Å²) in [5.74, 6) is 0.198. The van der Waals surface area contributed by atoms with E-state index >= 15 is 0 Å². The minimum atomic E-state index is -0.281. The quantitative estimate of drug-likeness (QED) is 0.771. The highest BCUT2D eigenvalue weighted by molar-refractivity contribution is 5.97. The molecular weight excluding hydrogens is 356 g/mol. The molecule has 148 valence electrons. The van der Waals surface area contributed by atoms with Crippen LogP contribution in [0.2, 0.25) is 0 Å². The van der Waals surface area contributed by atoms with Gasteiger partial charge in [0.05, 0.1) is 6.10 Å². The van der Waals surface area contributed by atoms with Crippen molar-refractivity contribution in [2.24, 2.45) is 0 Å². The van der Waals surface area contributed by atoms with Gasteiger partial charge in [-0.05, 0) is 68.1 Å². The Morgan fingerprint density at radius 1 is 1.14 bits per heavy atom. The summed E-state index contributed by atoms with van der Waals surface area (Å²) in [7, 11) is 0. The number of amides is 2. The van der Waals surface area contributed by atoms with E-state index in [1.54, 1.807) is 24.3 Å². The highest BCUT2D eigenvalue weighted by Crippen LogP contribution is 2.17. The normalized spacial score (nSPS) is 15.9. The average molecular weight is 382 g/mol. The standard InChI is InChI=1S/C22H26N2O4/c1-15-9-16(2)11-20(10-15)28-14-21(25)24-18-6-3-5-17(12-18)22(26)23-13-19-7-4-8-27-19/h3,5-6,9-12,19H,4,7-8,13-14H2,1-2H3,(H,23,26)(H,24,25)/t19-/m0/s1. The molecule has 1 saturated heterocycles. The maximum absolute atomic E-state index is 12.3. The van der Waals surface area contributed by atoms with Crippen LogP contribution >= 0.6 is 0 Å². The van der Waals surface area contributed by atoms with Crippen molar-refractivity contribution < 1.29 is 19.1 Å². The molecule has 1 aliphatic rings. The predicted molar refractivity (Wildman–Crippen MR) is 108 cm³/mol. The van der Waals surface area contributed by atoms with Crippen LogP contribution in [-0.4, -0.2) is 37.7 Å². The van der Waals surface area contributed by atoms with Crippen molar-refractivity contribution in [3.05, 3.63) is 59.2 Å². The van der Waals surface area contributed by atoms with E-state index in [-0.39, 0.29) is 24.5 Å².